The predicted octanol–water partition coefficient (Wildman–Crippen LogP) is 0.276. The molecule has 0 aromatic rings. The topological polar surface area (TPSA) is 49.8 Å². The largest absolute Gasteiger partial charge is 0.469 e. The second-order valence-corrected chi connectivity index (χ2v) is 3.20. The molecule has 0 saturated heterocycles. The quantitative estimate of drug-likeness (QED) is 0.474. The van der Waals surface area contributed by atoms with E-state index in [1.165, 1.54) is 7.11 Å². The van der Waals surface area contributed by atoms with Crippen LogP contribution in [0.3, 0.4) is 0 Å². The molecule has 0 aromatic carbocycles. The van der Waals surface area contributed by atoms with Gasteiger partial charge in [-0.2, -0.15) is 0 Å². The van der Waals surface area contributed by atoms with Gasteiger partial charge in [0.1, 0.15) is 0 Å². The average Bonchev–Trinajstić information content (AvgIpc) is 2.17. The van der Waals surface area contributed by atoms with Crippen LogP contribution in [0, 0.1) is 5.92 Å². The minimum Gasteiger partial charge on any atom is -0.469 e. The van der Waals surface area contributed by atoms with Crippen LogP contribution in [-0.2, 0) is 9.53 Å². The molecule has 0 saturated carbocycles. The van der Waals surface area contributed by atoms with Crippen LogP contribution >= 0.6 is 0 Å². The van der Waals surface area contributed by atoms with Crippen molar-refractivity contribution in [3.8, 4) is 0 Å². The van der Waals surface area contributed by atoms with Gasteiger partial charge in [-0.05, 0) is 0 Å². The molecule has 1 N–H and O–H groups in total. The van der Waals surface area contributed by atoms with Gasteiger partial charge in [0.25, 0.3) is 0 Å². The molecule has 0 radical (unpaired) electrons. The Balaban J connectivity index is 4.00. The predicted molar refractivity (Wildman–Crippen MR) is 54.9 cm³/mol. The molecule has 0 heterocycles. The number of carbonyl (C=O) groups is 1. The van der Waals surface area contributed by atoms with E-state index in [0.717, 1.165) is 0 Å². The van der Waals surface area contributed by atoms with E-state index in [4.69, 9.17) is 5.11 Å². The normalized spacial score (nSPS) is 12.6. The lowest BCUT2D eigenvalue weighted by atomic mass is 10.1. The molecule has 0 rings (SSSR count). The first-order valence-electron chi connectivity index (χ1n) is 4.67. The molecule has 0 aliphatic carbocycles. The first-order chi connectivity index (χ1) is 6.65. The maximum absolute atomic E-state index is 11.1. The number of rotatable bonds is 7. The second-order valence-electron chi connectivity index (χ2n) is 3.20. The van der Waals surface area contributed by atoms with Crippen molar-refractivity contribution in [1.82, 2.24) is 4.90 Å². The third kappa shape index (κ3) is 4.99. The van der Waals surface area contributed by atoms with Crippen LogP contribution in [0.5, 0.6) is 0 Å². The van der Waals surface area contributed by atoms with Gasteiger partial charge >= 0.3 is 5.97 Å². The van der Waals surface area contributed by atoms with Gasteiger partial charge in [-0.25, -0.2) is 0 Å². The number of ether oxygens (including phenoxy) is 1. The average molecular weight is 201 g/mol. The minimum atomic E-state index is -0.225. The third-order valence-electron chi connectivity index (χ3n) is 1.94. The summed E-state index contributed by atoms with van der Waals surface area (Å²) in [6.07, 6.45) is 1.75. The summed E-state index contributed by atoms with van der Waals surface area (Å²) in [4.78, 5) is 13.1. The SMILES string of the molecule is C=CCN(CCO)CC(C)C(=O)OC. The van der Waals surface area contributed by atoms with Crippen molar-refractivity contribution in [2.24, 2.45) is 5.92 Å². The number of carbonyl (C=O) groups excluding carboxylic acids is 1. The smallest absolute Gasteiger partial charge is 0.309 e. The van der Waals surface area contributed by atoms with E-state index in [1.807, 2.05) is 4.90 Å². The lowest BCUT2D eigenvalue weighted by molar-refractivity contribution is -0.145. The first kappa shape index (κ1) is 13.1. The number of esters is 1. The standard InChI is InChI=1S/C10H19NO3/c1-4-5-11(6-7-12)8-9(2)10(13)14-3/h4,9,12H,1,5-8H2,2-3H3. The summed E-state index contributed by atoms with van der Waals surface area (Å²) in [6, 6.07) is 0. The van der Waals surface area contributed by atoms with Gasteiger partial charge in [-0.1, -0.05) is 13.0 Å². The van der Waals surface area contributed by atoms with Gasteiger partial charge in [0, 0.05) is 19.6 Å². The maximum Gasteiger partial charge on any atom is 0.309 e. The van der Waals surface area contributed by atoms with Gasteiger partial charge < -0.3 is 9.84 Å². The number of methoxy groups -OCH3 is 1. The van der Waals surface area contributed by atoms with E-state index in [1.54, 1.807) is 13.0 Å². The number of aliphatic hydroxyl groups excluding tert-OH is 1. The minimum absolute atomic E-state index is 0.0851. The zero-order valence-electron chi connectivity index (χ0n) is 8.90. The van der Waals surface area contributed by atoms with Crippen LogP contribution in [0.25, 0.3) is 0 Å². The maximum atomic E-state index is 11.1. The Morgan fingerprint density at radius 2 is 2.36 bits per heavy atom. The van der Waals surface area contributed by atoms with Crippen molar-refractivity contribution in [2.45, 2.75) is 6.92 Å². The Morgan fingerprint density at radius 3 is 2.79 bits per heavy atom. The summed E-state index contributed by atoms with van der Waals surface area (Å²) in [7, 11) is 1.38. The molecule has 82 valence electrons. The number of nitrogens with zero attached hydrogens (tertiary/aromatic N) is 1. The lowest BCUT2D eigenvalue weighted by Gasteiger charge is -2.22. The Labute approximate surface area is 85.2 Å². The molecule has 0 aromatic heterocycles. The fourth-order valence-corrected chi connectivity index (χ4v) is 1.24. The zero-order chi connectivity index (χ0) is 11.0. The Bertz CT molecular complexity index is 182. The monoisotopic (exact) mass is 201 g/mol. The van der Waals surface area contributed by atoms with E-state index in [2.05, 4.69) is 11.3 Å². The van der Waals surface area contributed by atoms with E-state index in [-0.39, 0.29) is 18.5 Å². The molecule has 4 heteroatoms. The molecular formula is C10H19NO3. The van der Waals surface area contributed by atoms with Crippen molar-refractivity contribution in [3.05, 3.63) is 12.7 Å². The number of hydrogen-bond donors (Lipinski definition) is 1. The van der Waals surface area contributed by atoms with E-state index in [9.17, 15) is 4.79 Å². The molecule has 0 aliphatic rings. The van der Waals surface area contributed by atoms with Crippen molar-refractivity contribution >= 4 is 5.97 Å². The highest BCUT2D eigenvalue weighted by molar-refractivity contribution is 5.72. The highest BCUT2D eigenvalue weighted by Gasteiger charge is 2.16. The van der Waals surface area contributed by atoms with Crippen molar-refractivity contribution in [2.75, 3.05) is 33.4 Å². The molecule has 0 fully saturated rings. The highest BCUT2D eigenvalue weighted by atomic mass is 16.5. The second kappa shape index (κ2) is 7.53. The van der Waals surface area contributed by atoms with Gasteiger partial charge in [-0.15, -0.1) is 6.58 Å². The van der Waals surface area contributed by atoms with E-state index >= 15 is 0 Å². The Morgan fingerprint density at radius 1 is 1.71 bits per heavy atom. The molecule has 0 bridgehead atoms. The summed E-state index contributed by atoms with van der Waals surface area (Å²) < 4.78 is 4.62. The summed E-state index contributed by atoms with van der Waals surface area (Å²) >= 11 is 0. The van der Waals surface area contributed by atoms with Crippen LogP contribution in [0.4, 0.5) is 0 Å². The van der Waals surface area contributed by atoms with Crippen molar-refractivity contribution < 1.29 is 14.6 Å². The van der Waals surface area contributed by atoms with E-state index in [0.29, 0.717) is 19.6 Å². The fraction of sp³-hybridized carbons (Fsp3) is 0.700. The molecule has 4 nitrogen and oxygen atoms in total. The van der Waals surface area contributed by atoms with Crippen LogP contribution in [-0.4, -0.2) is 49.3 Å². The number of aliphatic hydroxyl groups is 1. The molecule has 0 spiro atoms. The molecule has 0 amide bonds. The van der Waals surface area contributed by atoms with Crippen LogP contribution < -0.4 is 0 Å². The van der Waals surface area contributed by atoms with Gasteiger partial charge in [-0.3, -0.25) is 9.69 Å². The zero-order valence-corrected chi connectivity index (χ0v) is 8.90. The van der Waals surface area contributed by atoms with Crippen molar-refractivity contribution in [1.29, 1.82) is 0 Å². The van der Waals surface area contributed by atoms with Gasteiger partial charge in [0.15, 0.2) is 0 Å². The molecule has 0 aliphatic heterocycles. The van der Waals surface area contributed by atoms with Crippen LogP contribution in [0.1, 0.15) is 6.92 Å². The molecule has 1 atom stereocenters. The lowest BCUT2D eigenvalue weighted by Crippen LogP contribution is -2.34. The van der Waals surface area contributed by atoms with Crippen LogP contribution in [0.2, 0.25) is 0 Å². The molecule has 1 unspecified atom stereocenters. The highest BCUT2D eigenvalue weighted by Crippen LogP contribution is 2.01. The summed E-state index contributed by atoms with van der Waals surface area (Å²) in [5, 5.41) is 8.78. The Hall–Kier alpha value is -0.870. The first-order valence-corrected chi connectivity index (χ1v) is 4.67. The van der Waals surface area contributed by atoms with Gasteiger partial charge in [0.05, 0.1) is 19.6 Å². The third-order valence-corrected chi connectivity index (χ3v) is 1.94. The van der Waals surface area contributed by atoms with Crippen molar-refractivity contribution in [3.63, 3.8) is 0 Å². The summed E-state index contributed by atoms with van der Waals surface area (Å²) in [6.45, 7) is 7.31. The number of hydrogen-bond acceptors (Lipinski definition) is 4. The summed E-state index contributed by atoms with van der Waals surface area (Å²) in [5.74, 6) is -0.400. The Kier molecular flexibility index (Phi) is 7.06. The molecule has 14 heavy (non-hydrogen) atoms. The molecular weight excluding hydrogens is 182 g/mol. The van der Waals surface area contributed by atoms with E-state index < -0.39 is 0 Å². The van der Waals surface area contributed by atoms with Crippen LogP contribution in [0.15, 0.2) is 12.7 Å². The fourth-order valence-electron chi connectivity index (χ4n) is 1.24. The van der Waals surface area contributed by atoms with Gasteiger partial charge in [0.2, 0.25) is 0 Å². The summed E-state index contributed by atoms with van der Waals surface area (Å²) in [5.41, 5.74) is 0.